The summed E-state index contributed by atoms with van der Waals surface area (Å²) in [5, 5.41) is 3.42. The molecule has 0 aliphatic rings. The van der Waals surface area contributed by atoms with Crippen molar-refractivity contribution in [2.45, 2.75) is 53.5 Å². The molecule has 1 aromatic heterocycles. The molecule has 0 saturated heterocycles. The van der Waals surface area contributed by atoms with Crippen molar-refractivity contribution in [3.05, 3.63) is 29.1 Å². The largest absolute Gasteiger partial charge is 0.313 e. The summed E-state index contributed by atoms with van der Waals surface area (Å²) in [6, 6.07) is 4.82. The molecular weight excluding hydrogens is 208 g/mol. The second-order valence-corrected chi connectivity index (χ2v) is 6.12. The van der Waals surface area contributed by atoms with E-state index >= 15 is 0 Å². The fraction of sp³-hybridized carbons (Fsp3) is 0.667. The molecule has 1 N–H and O–H groups in total. The van der Waals surface area contributed by atoms with Gasteiger partial charge in [-0.1, -0.05) is 20.8 Å². The van der Waals surface area contributed by atoms with E-state index in [0.717, 1.165) is 11.4 Å². The fourth-order valence-electron chi connectivity index (χ4n) is 2.12. The molecule has 96 valence electrons. The van der Waals surface area contributed by atoms with E-state index < -0.39 is 0 Å². The van der Waals surface area contributed by atoms with E-state index in [1.807, 2.05) is 7.05 Å². The average Bonchev–Trinajstić information content (AvgIpc) is 2.15. The predicted octanol–water partition coefficient (Wildman–Crippen LogP) is 3.79. The summed E-state index contributed by atoms with van der Waals surface area (Å²) < 4.78 is 0. The highest BCUT2D eigenvalue weighted by molar-refractivity contribution is 5.23. The van der Waals surface area contributed by atoms with Crippen molar-refractivity contribution in [1.29, 1.82) is 0 Å². The lowest BCUT2D eigenvalue weighted by Gasteiger charge is -2.23. The minimum Gasteiger partial charge on any atom is -0.313 e. The molecule has 1 heterocycles. The maximum atomic E-state index is 4.43. The normalized spacial score (nSPS) is 13.8. The molecule has 0 spiro atoms. The second kappa shape index (κ2) is 5.63. The number of hydrogen-bond donors (Lipinski definition) is 1. The first-order valence-electron chi connectivity index (χ1n) is 6.44. The lowest BCUT2D eigenvalue weighted by Crippen LogP contribution is -2.19. The molecule has 0 aliphatic heterocycles. The number of nitrogens with zero attached hydrogens (tertiary/aromatic N) is 1. The third-order valence-electron chi connectivity index (χ3n) is 3.04. The molecule has 1 aromatic rings. The first-order valence-corrected chi connectivity index (χ1v) is 6.44. The zero-order valence-corrected chi connectivity index (χ0v) is 12.1. The van der Waals surface area contributed by atoms with E-state index in [2.05, 4.69) is 57.1 Å². The highest BCUT2D eigenvalue weighted by Crippen LogP contribution is 2.27. The minimum absolute atomic E-state index is 0.395. The number of rotatable bonds is 4. The first-order chi connectivity index (χ1) is 7.81. The van der Waals surface area contributed by atoms with Crippen LogP contribution in [0.5, 0.6) is 0 Å². The monoisotopic (exact) mass is 234 g/mol. The van der Waals surface area contributed by atoms with Crippen molar-refractivity contribution in [2.24, 2.45) is 5.41 Å². The SMILES string of the molecule is CNC(CCC(C)(C)C)c1cc(C)nc(C)c1. The van der Waals surface area contributed by atoms with Gasteiger partial charge in [-0.15, -0.1) is 0 Å². The molecule has 17 heavy (non-hydrogen) atoms. The van der Waals surface area contributed by atoms with Gasteiger partial charge >= 0.3 is 0 Å². The summed E-state index contributed by atoms with van der Waals surface area (Å²) in [4.78, 5) is 4.43. The Labute approximate surface area is 106 Å². The van der Waals surface area contributed by atoms with E-state index in [1.54, 1.807) is 0 Å². The molecular formula is C15H26N2. The van der Waals surface area contributed by atoms with E-state index in [0.29, 0.717) is 11.5 Å². The van der Waals surface area contributed by atoms with Gasteiger partial charge in [-0.25, -0.2) is 0 Å². The van der Waals surface area contributed by atoms with Crippen molar-refractivity contribution >= 4 is 0 Å². The Bertz CT molecular complexity index is 343. The van der Waals surface area contributed by atoms with E-state index in [4.69, 9.17) is 0 Å². The Kier molecular flexibility index (Phi) is 4.70. The second-order valence-electron chi connectivity index (χ2n) is 6.12. The predicted molar refractivity (Wildman–Crippen MR) is 74.2 cm³/mol. The Hall–Kier alpha value is -0.890. The lowest BCUT2D eigenvalue weighted by molar-refractivity contribution is 0.338. The summed E-state index contributed by atoms with van der Waals surface area (Å²) in [6.45, 7) is 11.0. The Morgan fingerprint density at radius 3 is 2.12 bits per heavy atom. The van der Waals surface area contributed by atoms with Crippen molar-refractivity contribution < 1.29 is 0 Å². The Morgan fingerprint density at radius 2 is 1.71 bits per heavy atom. The van der Waals surface area contributed by atoms with E-state index in [1.165, 1.54) is 18.4 Å². The zero-order chi connectivity index (χ0) is 13.1. The van der Waals surface area contributed by atoms with Gasteiger partial charge in [0.1, 0.15) is 0 Å². The van der Waals surface area contributed by atoms with Crippen LogP contribution < -0.4 is 5.32 Å². The van der Waals surface area contributed by atoms with Crippen molar-refractivity contribution in [3.63, 3.8) is 0 Å². The van der Waals surface area contributed by atoms with Crippen LogP contribution in [0, 0.1) is 19.3 Å². The fourth-order valence-corrected chi connectivity index (χ4v) is 2.12. The van der Waals surface area contributed by atoms with Crippen LogP contribution in [0.3, 0.4) is 0 Å². The van der Waals surface area contributed by atoms with Crippen LogP contribution in [0.25, 0.3) is 0 Å². The minimum atomic E-state index is 0.395. The maximum Gasteiger partial charge on any atom is 0.0379 e. The molecule has 0 aromatic carbocycles. The highest BCUT2D eigenvalue weighted by Gasteiger charge is 2.16. The van der Waals surface area contributed by atoms with Gasteiger partial charge in [0.2, 0.25) is 0 Å². The Balaban J connectivity index is 2.79. The molecule has 0 radical (unpaired) electrons. The maximum absolute atomic E-state index is 4.43. The van der Waals surface area contributed by atoms with Crippen LogP contribution in [0.15, 0.2) is 12.1 Å². The van der Waals surface area contributed by atoms with Gasteiger partial charge in [0, 0.05) is 17.4 Å². The van der Waals surface area contributed by atoms with Gasteiger partial charge < -0.3 is 5.32 Å². The molecule has 0 amide bonds. The number of aryl methyl sites for hydroxylation is 2. The van der Waals surface area contributed by atoms with E-state index in [9.17, 15) is 0 Å². The number of aromatic nitrogens is 1. The summed E-state index contributed by atoms with van der Waals surface area (Å²) in [6.07, 6.45) is 2.39. The van der Waals surface area contributed by atoms with Crippen molar-refractivity contribution in [1.82, 2.24) is 10.3 Å². The van der Waals surface area contributed by atoms with Crippen molar-refractivity contribution in [3.8, 4) is 0 Å². The standard InChI is InChI=1S/C15H26N2/c1-11-9-13(10-12(2)17-11)14(16-6)7-8-15(3,4)5/h9-10,14,16H,7-8H2,1-6H3. The molecule has 2 nitrogen and oxygen atoms in total. The zero-order valence-electron chi connectivity index (χ0n) is 12.1. The third-order valence-corrected chi connectivity index (χ3v) is 3.04. The van der Waals surface area contributed by atoms with Gasteiger partial charge in [-0.3, -0.25) is 4.98 Å². The van der Waals surface area contributed by atoms with Gasteiger partial charge in [-0.2, -0.15) is 0 Å². The summed E-state index contributed by atoms with van der Waals surface area (Å²) in [5.41, 5.74) is 3.97. The molecule has 2 heteroatoms. The molecule has 0 saturated carbocycles. The summed E-state index contributed by atoms with van der Waals surface area (Å²) in [5.74, 6) is 0. The molecule has 0 bridgehead atoms. The van der Waals surface area contributed by atoms with Gasteiger partial charge in [0.05, 0.1) is 0 Å². The van der Waals surface area contributed by atoms with Crippen LogP contribution in [0.4, 0.5) is 0 Å². The molecule has 0 fully saturated rings. The highest BCUT2D eigenvalue weighted by atomic mass is 14.9. The quantitative estimate of drug-likeness (QED) is 0.857. The smallest absolute Gasteiger partial charge is 0.0379 e. The first kappa shape index (κ1) is 14.2. The number of pyridine rings is 1. The third kappa shape index (κ3) is 4.86. The summed E-state index contributed by atoms with van der Waals surface area (Å²) >= 11 is 0. The molecule has 1 rings (SSSR count). The lowest BCUT2D eigenvalue weighted by atomic mass is 9.87. The van der Waals surface area contributed by atoms with Crippen LogP contribution >= 0.6 is 0 Å². The molecule has 0 aliphatic carbocycles. The number of nitrogens with one attached hydrogen (secondary N) is 1. The van der Waals surface area contributed by atoms with Crippen LogP contribution in [-0.4, -0.2) is 12.0 Å². The molecule has 1 unspecified atom stereocenters. The van der Waals surface area contributed by atoms with Crippen LogP contribution in [0.1, 0.15) is 56.6 Å². The summed E-state index contributed by atoms with van der Waals surface area (Å²) in [7, 11) is 2.04. The van der Waals surface area contributed by atoms with Crippen molar-refractivity contribution in [2.75, 3.05) is 7.05 Å². The topological polar surface area (TPSA) is 24.9 Å². The van der Waals surface area contributed by atoms with Gasteiger partial charge in [0.15, 0.2) is 0 Å². The molecule has 1 atom stereocenters. The van der Waals surface area contributed by atoms with Gasteiger partial charge in [-0.05, 0) is 56.8 Å². The Morgan fingerprint density at radius 1 is 1.18 bits per heavy atom. The van der Waals surface area contributed by atoms with E-state index in [-0.39, 0.29) is 0 Å². The van der Waals surface area contributed by atoms with Crippen LogP contribution in [-0.2, 0) is 0 Å². The number of hydrogen-bond acceptors (Lipinski definition) is 2. The average molecular weight is 234 g/mol. The van der Waals surface area contributed by atoms with Crippen LogP contribution in [0.2, 0.25) is 0 Å². The van der Waals surface area contributed by atoms with Gasteiger partial charge in [0.25, 0.3) is 0 Å².